The van der Waals surface area contributed by atoms with Gasteiger partial charge in [-0.1, -0.05) is 12.1 Å². The van der Waals surface area contributed by atoms with Crippen LogP contribution in [-0.4, -0.2) is 56.4 Å². The SMILES string of the molecule is COCc1cccc(C(=O)N2CCC3(CC2)OCCCC3OC)c1. The quantitative estimate of drug-likeness (QED) is 0.850. The zero-order valence-electron chi connectivity index (χ0n) is 14.6. The molecule has 24 heavy (non-hydrogen) atoms. The minimum Gasteiger partial charge on any atom is -0.380 e. The predicted molar refractivity (Wildman–Crippen MR) is 91.0 cm³/mol. The molecule has 1 aromatic rings. The molecule has 1 amide bonds. The molecule has 0 aromatic heterocycles. The second kappa shape index (κ2) is 7.64. The summed E-state index contributed by atoms with van der Waals surface area (Å²) in [5, 5.41) is 0. The van der Waals surface area contributed by atoms with Crippen LogP contribution < -0.4 is 0 Å². The molecule has 1 spiro atoms. The summed E-state index contributed by atoms with van der Waals surface area (Å²) in [7, 11) is 3.43. The van der Waals surface area contributed by atoms with Crippen LogP contribution in [0.3, 0.4) is 0 Å². The molecular weight excluding hydrogens is 306 g/mol. The Hall–Kier alpha value is -1.43. The lowest BCUT2D eigenvalue weighted by atomic mass is 9.81. The van der Waals surface area contributed by atoms with Crippen LogP contribution in [0.1, 0.15) is 41.6 Å². The van der Waals surface area contributed by atoms with Gasteiger partial charge in [0.15, 0.2) is 0 Å². The summed E-state index contributed by atoms with van der Waals surface area (Å²) in [4.78, 5) is 14.7. The van der Waals surface area contributed by atoms with E-state index in [0.29, 0.717) is 19.7 Å². The van der Waals surface area contributed by atoms with Crippen LogP contribution in [0.4, 0.5) is 0 Å². The van der Waals surface area contributed by atoms with Crippen molar-refractivity contribution < 1.29 is 19.0 Å². The molecule has 2 aliphatic rings. The molecule has 2 aliphatic heterocycles. The van der Waals surface area contributed by atoms with E-state index in [-0.39, 0.29) is 17.6 Å². The number of rotatable bonds is 4. The Morgan fingerprint density at radius 3 is 2.83 bits per heavy atom. The van der Waals surface area contributed by atoms with Gasteiger partial charge >= 0.3 is 0 Å². The van der Waals surface area contributed by atoms with E-state index in [1.807, 2.05) is 29.2 Å². The maximum absolute atomic E-state index is 12.8. The topological polar surface area (TPSA) is 48.0 Å². The number of amides is 1. The minimum absolute atomic E-state index is 0.0904. The fraction of sp³-hybridized carbons (Fsp3) is 0.632. The lowest BCUT2D eigenvalue weighted by Gasteiger charge is -2.48. The summed E-state index contributed by atoms with van der Waals surface area (Å²) in [6, 6.07) is 7.69. The summed E-state index contributed by atoms with van der Waals surface area (Å²) in [5.74, 6) is 0.0904. The lowest BCUT2D eigenvalue weighted by molar-refractivity contribution is -0.183. The van der Waals surface area contributed by atoms with Gasteiger partial charge in [0.25, 0.3) is 5.91 Å². The monoisotopic (exact) mass is 333 g/mol. The molecule has 5 heteroatoms. The molecule has 0 bridgehead atoms. The van der Waals surface area contributed by atoms with Gasteiger partial charge in [0.1, 0.15) is 0 Å². The maximum Gasteiger partial charge on any atom is 0.253 e. The number of nitrogens with zero attached hydrogens (tertiary/aromatic N) is 1. The van der Waals surface area contributed by atoms with Crippen molar-refractivity contribution in [3.8, 4) is 0 Å². The zero-order valence-corrected chi connectivity index (χ0v) is 14.6. The van der Waals surface area contributed by atoms with Gasteiger partial charge in [0.2, 0.25) is 0 Å². The Bertz CT molecular complexity index is 566. The Kier molecular flexibility index (Phi) is 5.54. The van der Waals surface area contributed by atoms with Crippen LogP contribution in [0.15, 0.2) is 24.3 Å². The molecule has 2 heterocycles. The van der Waals surface area contributed by atoms with Crippen molar-refractivity contribution in [2.24, 2.45) is 0 Å². The second-order valence-electron chi connectivity index (χ2n) is 6.71. The molecule has 0 aliphatic carbocycles. The molecule has 1 unspecified atom stereocenters. The number of likely N-dealkylation sites (tertiary alicyclic amines) is 1. The van der Waals surface area contributed by atoms with Crippen molar-refractivity contribution in [2.45, 2.75) is 44.0 Å². The highest BCUT2D eigenvalue weighted by Gasteiger charge is 2.45. The number of ether oxygens (including phenoxy) is 3. The van der Waals surface area contributed by atoms with Crippen LogP contribution in [-0.2, 0) is 20.8 Å². The van der Waals surface area contributed by atoms with Crippen molar-refractivity contribution in [3.63, 3.8) is 0 Å². The third-order valence-corrected chi connectivity index (χ3v) is 5.25. The largest absolute Gasteiger partial charge is 0.380 e. The van der Waals surface area contributed by atoms with Gasteiger partial charge in [-0.15, -0.1) is 0 Å². The summed E-state index contributed by atoms with van der Waals surface area (Å²) in [6.45, 7) is 2.75. The van der Waals surface area contributed by atoms with E-state index >= 15 is 0 Å². The van der Waals surface area contributed by atoms with Crippen LogP contribution >= 0.6 is 0 Å². The van der Waals surface area contributed by atoms with Gasteiger partial charge in [0.05, 0.1) is 18.3 Å². The van der Waals surface area contributed by atoms with Crippen LogP contribution in [0.25, 0.3) is 0 Å². The molecular formula is C19H27NO4. The average Bonchev–Trinajstić information content (AvgIpc) is 2.63. The maximum atomic E-state index is 12.8. The van der Waals surface area contributed by atoms with Gasteiger partial charge in [-0.3, -0.25) is 4.79 Å². The predicted octanol–water partition coefficient (Wildman–Crippen LogP) is 2.63. The van der Waals surface area contributed by atoms with E-state index in [1.165, 1.54) is 0 Å². The highest BCUT2D eigenvalue weighted by molar-refractivity contribution is 5.94. The first kappa shape index (κ1) is 17.4. The van der Waals surface area contributed by atoms with Crippen molar-refractivity contribution in [3.05, 3.63) is 35.4 Å². The molecule has 0 N–H and O–H groups in total. The van der Waals surface area contributed by atoms with E-state index in [1.54, 1.807) is 14.2 Å². The van der Waals surface area contributed by atoms with E-state index < -0.39 is 0 Å². The first-order chi connectivity index (χ1) is 11.7. The number of benzene rings is 1. The molecule has 1 aromatic carbocycles. The van der Waals surface area contributed by atoms with E-state index in [9.17, 15) is 4.79 Å². The van der Waals surface area contributed by atoms with Crippen LogP contribution in [0, 0.1) is 0 Å². The van der Waals surface area contributed by atoms with Crippen molar-refractivity contribution in [1.82, 2.24) is 4.90 Å². The van der Waals surface area contributed by atoms with Gasteiger partial charge in [0, 0.05) is 39.5 Å². The molecule has 0 radical (unpaired) electrons. The zero-order chi connectivity index (χ0) is 17.0. The number of piperidine rings is 1. The summed E-state index contributed by atoms with van der Waals surface area (Å²) >= 11 is 0. The average molecular weight is 333 g/mol. The van der Waals surface area contributed by atoms with E-state index in [4.69, 9.17) is 14.2 Å². The summed E-state index contributed by atoms with van der Waals surface area (Å²) < 4.78 is 16.9. The van der Waals surface area contributed by atoms with Crippen molar-refractivity contribution >= 4 is 5.91 Å². The summed E-state index contributed by atoms with van der Waals surface area (Å²) in [5.41, 5.74) is 1.54. The summed E-state index contributed by atoms with van der Waals surface area (Å²) in [6.07, 6.45) is 3.93. The molecule has 1 atom stereocenters. The Labute approximate surface area is 143 Å². The number of methoxy groups -OCH3 is 2. The van der Waals surface area contributed by atoms with Gasteiger partial charge in [-0.25, -0.2) is 0 Å². The van der Waals surface area contributed by atoms with Crippen molar-refractivity contribution in [2.75, 3.05) is 33.9 Å². The third kappa shape index (κ3) is 3.48. The first-order valence-electron chi connectivity index (χ1n) is 8.72. The second-order valence-corrected chi connectivity index (χ2v) is 6.71. The Morgan fingerprint density at radius 1 is 1.33 bits per heavy atom. The standard InChI is InChI=1S/C19H27NO4/c1-22-14-15-5-3-6-16(13-15)18(21)20-10-8-19(9-11-20)17(23-2)7-4-12-24-19/h3,5-6,13,17H,4,7-12,14H2,1-2H3. The number of carbonyl (C=O) groups is 1. The van der Waals surface area contributed by atoms with Gasteiger partial charge in [-0.2, -0.15) is 0 Å². The van der Waals surface area contributed by atoms with Crippen LogP contribution in [0.2, 0.25) is 0 Å². The van der Waals surface area contributed by atoms with E-state index in [2.05, 4.69) is 0 Å². The number of carbonyl (C=O) groups excluding carboxylic acids is 1. The molecule has 5 nitrogen and oxygen atoms in total. The number of hydrogen-bond acceptors (Lipinski definition) is 4. The fourth-order valence-corrected chi connectivity index (χ4v) is 3.93. The van der Waals surface area contributed by atoms with Crippen LogP contribution in [0.5, 0.6) is 0 Å². The lowest BCUT2D eigenvalue weighted by Crippen LogP contribution is -2.56. The number of hydrogen-bond donors (Lipinski definition) is 0. The Morgan fingerprint density at radius 2 is 2.12 bits per heavy atom. The highest BCUT2D eigenvalue weighted by Crippen LogP contribution is 2.37. The normalized spacial score (nSPS) is 23.4. The molecule has 132 valence electrons. The fourth-order valence-electron chi connectivity index (χ4n) is 3.93. The van der Waals surface area contributed by atoms with Crippen molar-refractivity contribution in [1.29, 1.82) is 0 Å². The third-order valence-electron chi connectivity index (χ3n) is 5.25. The molecule has 2 saturated heterocycles. The minimum atomic E-state index is -0.207. The van der Waals surface area contributed by atoms with Gasteiger partial charge in [-0.05, 0) is 43.4 Å². The molecule has 0 saturated carbocycles. The molecule has 2 fully saturated rings. The van der Waals surface area contributed by atoms with Gasteiger partial charge < -0.3 is 19.1 Å². The first-order valence-corrected chi connectivity index (χ1v) is 8.72. The smallest absolute Gasteiger partial charge is 0.253 e. The molecule has 3 rings (SSSR count). The highest BCUT2D eigenvalue weighted by atomic mass is 16.5. The van der Waals surface area contributed by atoms with E-state index in [0.717, 1.165) is 43.4 Å². The Balaban J connectivity index is 1.65.